The molecule has 1 aromatic carbocycles. The molecule has 1 aliphatic heterocycles. The van der Waals surface area contributed by atoms with Crippen LogP contribution in [0.5, 0.6) is 0 Å². The van der Waals surface area contributed by atoms with Gasteiger partial charge in [0.25, 0.3) is 0 Å². The molecule has 0 radical (unpaired) electrons. The van der Waals surface area contributed by atoms with Gasteiger partial charge in [0.15, 0.2) is 5.40 Å². The highest BCUT2D eigenvalue weighted by atomic mass is 31.2. The van der Waals surface area contributed by atoms with Gasteiger partial charge in [-0.3, -0.25) is 13.9 Å². The fourth-order valence-corrected chi connectivity index (χ4v) is 6.28. The first-order chi connectivity index (χ1) is 15.2. The van der Waals surface area contributed by atoms with E-state index in [1.54, 1.807) is 4.90 Å². The highest BCUT2D eigenvalue weighted by Gasteiger charge is 2.42. The van der Waals surface area contributed by atoms with Gasteiger partial charge in [0.05, 0.1) is 11.2 Å². The van der Waals surface area contributed by atoms with Crippen LogP contribution < -0.4 is 10.3 Å². The van der Waals surface area contributed by atoms with Gasteiger partial charge in [-0.05, 0) is 25.6 Å². The number of pyridine rings is 1. The van der Waals surface area contributed by atoms with E-state index in [-0.39, 0.29) is 16.6 Å². The van der Waals surface area contributed by atoms with Gasteiger partial charge >= 0.3 is 21.2 Å². The van der Waals surface area contributed by atoms with Gasteiger partial charge in [-0.15, -0.1) is 0 Å². The molecule has 0 amide bonds. The second kappa shape index (κ2) is 9.27. The molecule has 1 saturated heterocycles. The van der Waals surface area contributed by atoms with Crippen LogP contribution in [0.3, 0.4) is 0 Å². The number of likely N-dealkylation sites (N-methyl/N-ethyl adjacent to an activating group) is 1. The van der Waals surface area contributed by atoms with Crippen LogP contribution in [0.25, 0.3) is 10.9 Å². The van der Waals surface area contributed by atoms with Crippen molar-refractivity contribution in [3.05, 3.63) is 39.9 Å². The molecule has 2 heterocycles. The van der Waals surface area contributed by atoms with Gasteiger partial charge in [0, 0.05) is 44.3 Å². The Hall–Kier alpha value is -2.11. The topological polar surface area (TPSA) is 181 Å². The Balaban J connectivity index is 2.13. The molecule has 12 nitrogen and oxygen atoms in total. The molecular weight excluding hydrogens is 483 g/mol. The number of halogens is 1. The summed E-state index contributed by atoms with van der Waals surface area (Å²) in [5.41, 5.74) is -1.42. The van der Waals surface area contributed by atoms with Crippen molar-refractivity contribution in [3.8, 4) is 0 Å². The Morgan fingerprint density at radius 3 is 2.18 bits per heavy atom. The lowest BCUT2D eigenvalue weighted by Crippen LogP contribution is -2.44. The van der Waals surface area contributed by atoms with Crippen molar-refractivity contribution in [1.82, 2.24) is 9.47 Å². The summed E-state index contributed by atoms with van der Waals surface area (Å²) < 4.78 is 39.3. The van der Waals surface area contributed by atoms with E-state index in [1.807, 2.05) is 7.05 Å². The molecule has 0 unspecified atom stereocenters. The van der Waals surface area contributed by atoms with E-state index in [2.05, 4.69) is 4.90 Å². The molecular formula is C18H24FN3O9P2. The van der Waals surface area contributed by atoms with Crippen molar-refractivity contribution in [2.75, 3.05) is 38.1 Å². The predicted molar refractivity (Wildman–Crippen MR) is 117 cm³/mol. The summed E-state index contributed by atoms with van der Waals surface area (Å²) in [7, 11) is -8.50. The minimum absolute atomic E-state index is 0.0792. The number of carbonyl (C=O) groups is 1. The Labute approximate surface area is 187 Å². The predicted octanol–water partition coefficient (Wildman–Crippen LogP) is 0.662. The summed E-state index contributed by atoms with van der Waals surface area (Å²) in [5.74, 6) is -2.33. The minimum atomic E-state index is -5.21. The molecule has 1 fully saturated rings. The van der Waals surface area contributed by atoms with Crippen LogP contribution in [0.4, 0.5) is 10.1 Å². The summed E-state index contributed by atoms with van der Waals surface area (Å²) in [6.07, 6.45) is 0.210. The Morgan fingerprint density at radius 2 is 1.67 bits per heavy atom. The molecule has 0 bridgehead atoms. The number of carboxylic acid groups (broad SMARTS) is 1. The number of nitrogens with zero attached hydrogens (tertiary/aromatic N) is 3. The van der Waals surface area contributed by atoms with Gasteiger partial charge in [-0.1, -0.05) is 0 Å². The lowest BCUT2D eigenvalue weighted by Gasteiger charge is -2.34. The SMILES string of the molecule is CN1CCN(c2cc3c(cc2F)c(=O)c(C(=O)O)cn3CCC(P(=O)(O)O)P(=O)(O)O)CC1. The first-order valence-corrected chi connectivity index (χ1v) is 13.2. The maximum absolute atomic E-state index is 14.9. The van der Waals surface area contributed by atoms with E-state index in [9.17, 15) is 47.8 Å². The average molecular weight is 507 g/mol. The third-order valence-electron chi connectivity index (χ3n) is 5.63. The summed E-state index contributed by atoms with van der Waals surface area (Å²) >= 11 is 0. The standard InChI is InChI=1S/C18H24FN3O9P2/c1-20-4-6-21(7-5-20)15-9-14-11(8-13(15)19)17(23)12(18(24)25)10-22(14)3-2-16(32(26,27)28)33(29,30)31/h8-10,16H,2-7H2,1H3,(H,24,25)(H2,26,27,28)(H2,29,30,31). The third-order valence-corrected chi connectivity index (χ3v) is 9.50. The van der Waals surface area contributed by atoms with E-state index in [1.165, 1.54) is 6.07 Å². The van der Waals surface area contributed by atoms with Gasteiger partial charge < -0.3 is 39.0 Å². The van der Waals surface area contributed by atoms with Crippen LogP contribution in [-0.2, 0) is 15.7 Å². The molecule has 33 heavy (non-hydrogen) atoms. The maximum Gasteiger partial charge on any atom is 0.341 e. The number of aryl methyl sites for hydroxylation is 1. The highest BCUT2D eigenvalue weighted by Crippen LogP contribution is 2.61. The van der Waals surface area contributed by atoms with Crippen LogP contribution >= 0.6 is 15.2 Å². The summed E-state index contributed by atoms with van der Waals surface area (Å²) in [6.45, 7) is 1.87. The number of carboxylic acids is 1. The number of fused-ring (bicyclic) bond motifs is 1. The molecule has 1 aliphatic rings. The smallest absolute Gasteiger partial charge is 0.341 e. The zero-order valence-electron chi connectivity index (χ0n) is 17.5. The van der Waals surface area contributed by atoms with Gasteiger partial charge in [-0.2, -0.15) is 0 Å². The number of hydrogen-bond donors (Lipinski definition) is 5. The molecule has 1 aromatic heterocycles. The number of aromatic nitrogens is 1. The van der Waals surface area contributed by atoms with Crippen molar-refractivity contribution in [3.63, 3.8) is 0 Å². The lowest BCUT2D eigenvalue weighted by atomic mass is 10.1. The first-order valence-electron chi connectivity index (χ1n) is 9.84. The maximum atomic E-state index is 14.9. The van der Waals surface area contributed by atoms with E-state index >= 15 is 0 Å². The second-order valence-electron chi connectivity index (χ2n) is 7.93. The van der Waals surface area contributed by atoms with Crippen molar-refractivity contribution >= 4 is 37.8 Å². The van der Waals surface area contributed by atoms with Gasteiger partial charge in [0.2, 0.25) is 5.43 Å². The number of benzene rings is 1. The fourth-order valence-electron chi connectivity index (χ4n) is 3.81. The van der Waals surface area contributed by atoms with Crippen molar-refractivity contribution in [2.24, 2.45) is 0 Å². The molecule has 0 saturated carbocycles. The average Bonchev–Trinajstić information content (AvgIpc) is 2.68. The number of anilines is 1. The Kier molecular flexibility index (Phi) is 7.16. The molecule has 5 N–H and O–H groups in total. The molecule has 2 aromatic rings. The summed E-state index contributed by atoms with van der Waals surface area (Å²) in [5, 5.41) is 6.79. The second-order valence-corrected chi connectivity index (χ2v) is 11.9. The monoisotopic (exact) mass is 507 g/mol. The molecule has 0 spiro atoms. The van der Waals surface area contributed by atoms with Crippen molar-refractivity contribution in [1.29, 1.82) is 0 Å². The van der Waals surface area contributed by atoms with Gasteiger partial charge in [-0.25, -0.2) is 9.18 Å². The summed E-state index contributed by atoms with van der Waals surface area (Å²) in [4.78, 5) is 65.4. The first kappa shape index (κ1) is 25.5. The number of rotatable bonds is 7. The quantitative estimate of drug-likeness (QED) is 0.332. The highest BCUT2D eigenvalue weighted by molar-refractivity contribution is 7.70. The fraction of sp³-hybridized carbons (Fsp3) is 0.444. The molecule has 0 aliphatic carbocycles. The van der Waals surface area contributed by atoms with Crippen LogP contribution in [0.15, 0.2) is 23.1 Å². The molecule has 3 rings (SSSR count). The Bertz CT molecular complexity index is 1210. The normalized spacial score (nSPS) is 16.0. The minimum Gasteiger partial charge on any atom is -0.477 e. The third kappa shape index (κ3) is 5.52. The zero-order chi connectivity index (χ0) is 24.7. The zero-order valence-corrected chi connectivity index (χ0v) is 19.3. The van der Waals surface area contributed by atoms with Crippen molar-refractivity contribution in [2.45, 2.75) is 18.4 Å². The lowest BCUT2D eigenvalue weighted by molar-refractivity contribution is 0.0694. The van der Waals surface area contributed by atoms with Crippen LogP contribution in [-0.4, -0.2) is 78.7 Å². The van der Waals surface area contributed by atoms with Gasteiger partial charge in [0.1, 0.15) is 11.4 Å². The molecule has 182 valence electrons. The van der Waals surface area contributed by atoms with E-state index in [0.29, 0.717) is 26.2 Å². The van der Waals surface area contributed by atoms with Crippen LogP contribution in [0.2, 0.25) is 0 Å². The van der Waals surface area contributed by atoms with E-state index in [0.717, 1.165) is 16.8 Å². The molecule has 0 atom stereocenters. The van der Waals surface area contributed by atoms with E-state index in [4.69, 9.17) is 0 Å². The number of piperazine rings is 1. The van der Waals surface area contributed by atoms with Crippen molar-refractivity contribution < 1.29 is 43.0 Å². The Morgan fingerprint density at radius 1 is 1.09 bits per heavy atom. The number of aromatic carboxylic acids is 1. The van der Waals surface area contributed by atoms with E-state index < -0.39 is 56.3 Å². The van der Waals surface area contributed by atoms with Crippen LogP contribution in [0.1, 0.15) is 16.8 Å². The molecule has 15 heteroatoms. The largest absolute Gasteiger partial charge is 0.477 e. The summed E-state index contributed by atoms with van der Waals surface area (Å²) in [6, 6.07) is 2.25. The van der Waals surface area contributed by atoms with Crippen LogP contribution in [0, 0.1) is 5.82 Å². The number of hydrogen-bond acceptors (Lipinski definition) is 6.